The first-order valence-electron chi connectivity index (χ1n) is 8.53. The molecular formula is C17H31ClN4O. The molecule has 6 heteroatoms. The second-order valence-corrected chi connectivity index (χ2v) is 7.24. The maximum absolute atomic E-state index is 12.1. The van der Waals surface area contributed by atoms with Crippen LogP contribution < -0.4 is 10.6 Å². The highest BCUT2D eigenvalue weighted by atomic mass is 35.5. The van der Waals surface area contributed by atoms with Gasteiger partial charge < -0.3 is 10.6 Å². The highest BCUT2D eigenvalue weighted by Gasteiger charge is 2.16. The van der Waals surface area contributed by atoms with Crippen molar-refractivity contribution < 1.29 is 4.79 Å². The Balaban J connectivity index is 0.00000264. The van der Waals surface area contributed by atoms with E-state index in [0.29, 0.717) is 18.2 Å². The molecule has 23 heavy (non-hydrogen) atoms. The van der Waals surface area contributed by atoms with E-state index in [1.165, 1.54) is 38.5 Å². The van der Waals surface area contributed by atoms with Crippen molar-refractivity contribution in [2.24, 2.45) is 0 Å². The van der Waals surface area contributed by atoms with E-state index in [2.05, 4.69) is 36.5 Å². The molecule has 0 aliphatic heterocycles. The third-order valence-corrected chi connectivity index (χ3v) is 4.23. The van der Waals surface area contributed by atoms with Crippen molar-refractivity contribution in [3.8, 4) is 0 Å². The van der Waals surface area contributed by atoms with Crippen LogP contribution in [0, 0.1) is 0 Å². The van der Waals surface area contributed by atoms with E-state index >= 15 is 0 Å². The van der Waals surface area contributed by atoms with Gasteiger partial charge in [0.15, 0.2) is 0 Å². The normalized spacial score (nSPS) is 16.5. The van der Waals surface area contributed by atoms with E-state index in [9.17, 15) is 4.79 Å². The minimum absolute atomic E-state index is 0. The standard InChI is InChI=1S/C17H30N4O.ClH/c1-17(2,3)21-13-14(12-20-21)16(22)19-11-10-18-15-8-6-4-5-7-9-15;/h12-13,15,18H,4-11H2,1-3H3,(H,19,22);1H. The second-order valence-electron chi connectivity index (χ2n) is 7.24. The van der Waals surface area contributed by atoms with Crippen LogP contribution in [0.1, 0.15) is 69.7 Å². The number of hydrogen-bond acceptors (Lipinski definition) is 3. The van der Waals surface area contributed by atoms with E-state index in [-0.39, 0.29) is 23.9 Å². The zero-order chi connectivity index (χ0) is 16.0. The van der Waals surface area contributed by atoms with Gasteiger partial charge in [0.25, 0.3) is 5.91 Å². The van der Waals surface area contributed by atoms with Crippen LogP contribution in [0.2, 0.25) is 0 Å². The van der Waals surface area contributed by atoms with Gasteiger partial charge in [0.1, 0.15) is 0 Å². The van der Waals surface area contributed by atoms with Gasteiger partial charge in [0.2, 0.25) is 0 Å². The minimum atomic E-state index is -0.0976. The molecule has 5 nitrogen and oxygen atoms in total. The fraction of sp³-hybridized carbons (Fsp3) is 0.765. The highest BCUT2D eigenvalue weighted by molar-refractivity contribution is 5.93. The van der Waals surface area contributed by atoms with Crippen molar-refractivity contribution in [3.63, 3.8) is 0 Å². The summed E-state index contributed by atoms with van der Waals surface area (Å²) in [7, 11) is 0. The lowest BCUT2D eigenvalue weighted by Gasteiger charge is -2.18. The third kappa shape index (κ3) is 6.51. The zero-order valence-corrected chi connectivity index (χ0v) is 15.4. The number of aromatic nitrogens is 2. The molecule has 0 spiro atoms. The molecule has 2 rings (SSSR count). The minimum Gasteiger partial charge on any atom is -0.351 e. The Kier molecular flexibility index (Phi) is 8.06. The van der Waals surface area contributed by atoms with Crippen molar-refractivity contribution in [2.45, 2.75) is 70.9 Å². The van der Waals surface area contributed by atoms with Gasteiger partial charge in [-0.25, -0.2) is 0 Å². The van der Waals surface area contributed by atoms with Gasteiger partial charge in [-0.05, 0) is 33.6 Å². The van der Waals surface area contributed by atoms with Gasteiger partial charge in [-0.1, -0.05) is 25.7 Å². The largest absolute Gasteiger partial charge is 0.351 e. The van der Waals surface area contributed by atoms with Crippen LogP contribution in [0.5, 0.6) is 0 Å². The lowest BCUT2D eigenvalue weighted by Crippen LogP contribution is -2.36. The Morgan fingerprint density at radius 2 is 1.87 bits per heavy atom. The SMILES string of the molecule is CC(C)(C)n1cc(C(=O)NCCNC2CCCCCC2)cn1.Cl. The molecule has 0 bridgehead atoms. The van der Waals surface area contributed by atoms with Gasteiger partial charge >= 0.3 is 0 Å². The maximum atomic E-state index is 12.1. The summed E-state index contributed by atoms with van der Waals surface area (Å²) in [6.45, 7) is 7.70. The first-order valence-corrected chi connectivity index (χ1v) is 8.53. The second kappa shape index (κ2) is 9.28. The molecule has 0 radical (unpaired) electrons. The van der Waals surface area contributed by atoms with Crippen molar-refractivity contribution in [2.75, 3.05) is 13.1 Å². The number of nitrogens with one attached hydrogen (secondary N) is 2. The molecule has 1 aliphatic carbocycles. The summed E-state index contributed by atoms with van der Waals surface area (Å²) in [6, 6.07) is 0.628. The van der Waals surface area contributed by atoms with Crippen LogP contribution in [-0.2, 0) is 5.54 Å². The molecule has 0 unspecified atom stereocenters. The van der Waals surface area contributed by atoms with Crippen molar-refractivity contribution in [1.29, 1.82) is 0 Å². The summed E-state index contributed by atoms with van der Waals surface area (Å²) in [6.07, 6.45) is 11.4. The molecule has 0 atom stereocenters. The lowest BCUT2D eigenvalue weighted by molar-refractivity contribution is 0.0953. The maximum Gasteiger partial charge on any atom is 0.254 e. The number of amides is 1. The highest BCUT2D eigenvalue weighted by Crippen LogP contribution is 2.17. The van der Waals surface area contributed by atoms with Gasteiger partial charge in [0.05, 0.1) is 17.3 Å². The number of nitrogens with zero attached hydrogens (tertiary/aromatic N) is 2. The Bertz CT molecular complexity index is 473. The van der Waals surface area contributed by atoms with Gasteiger partial charge in [-0.2, -0.15) is 5.10 Å². The summed E-state index contributed by atoms with van der Waals surface area (Å²) in [5.74, 6) is -0.0434. The average Bonchev–Trinajstić information content (AvgIpc) is 2.83. The number of carbonyl (C=O) groups is 1. The van der Waals surface area contributed by atoms with E-state index in [4.69, 9.17) is 0 Å². The van der Waals surface area contributed by atoms with Crippen molar-refractivity contribution in [1.82, 2.24) is 20.4 Å². The molecule has 1 aromatic heterocycles. The number of hydrogen-bond donors (Lipinski definition) is 2. The molecule has 2 N–H and O–H groups in total. The smallest absolute Gasteiger partial charge is 0.254 e. The topological polar surface area (TPSA) is 59.0 Å². The van der Waals surface area contributed by atoms with E-state index in [1.54, 1.807) is 6.20 Å². The quantitative estimate of drug-likeness (QED) is 0.638. The van der Waals surface area contributed by atoms with E-state index in [1.807, 2.05) is 10.9 Å². The van der Waals surface area contributed by atoms with Crippen LogP contribution in [-0.4, -0.2) is 34.8 Å². The third-order valence-electron chi connectivity index (χ3n) is 4.23. The summed E-state index contributed by atoms with van der Waals surface area (Å²) < 4.78 is 1.83. The molecule has 1 heterocycles. The molecule has 1 aromatic rings. The number of halogens is 1. The molecule has 1 fully saturated rings. The monoisotopic (exact) mass is 342 g/mol. The lowest BCUT2D eigenvalue weighted by atomic mass is 10.1. The summed E-state index contributed by atoms with van der Waals surface area (Å²) in [4.78, 5) is 12.1. The van der Waals surface area contributed by atoms with Gasteiger partial charge in [-0.15, -0.1) is 12.4 Å². The van der Waals surface area contributed by atoms with Crippen molar-refractivity contribution >= 4 is 18.3 Å². The van der Waals surface area contributed by atoms with E-state index in [0.717, 1.165) is 6.54 Å². The first-order chi connectivity index (χ1) is 10.5. The average molecular weight is 343 g/mol. The molecule has 0 saturated heterocycles. The van der Waals surface area contributed by atoms with Gasteiger partial charge in [0, 0.05) is 25.3 Å². The van der Waals surface area contributed by atoms with Crippen LogP contribution >= 0.6 is 12.4 Å². The molecule has 1 saturated carbocycles. The summed E-state index contributed by atoms with van der Waals surface area (Å²) in [5, 5.41) is 10.8. The number of carbonyl (C=O) groups excluding carboxylic acids is 1. The predicted octanol–water partition coefficient (Wildman–Crippen LogP) is 3.10. The predicted molar refractivity (Wildman–Crippen MR) is 96.3 cm³/mol. The molecule has 1 amide bonds. The van der Waals surface area contributed by atoms with Crippen molar-refractivity contribution in [3.05, 3.63) is 18.0 Å². The summed E-state index contributed by atoms with van der Waals surface area (Å²) in [5.41, 5.74) is 0.531. The Morgan fingerprint density at radius 3 is 2.43 bits per heavy atom. The molecule has 132 valence electrons. The van der Waals surface area contributed by atoms with Crippen LogP contribution in [0.4, 0.5) is 0 Å². The summed E-state index contributed by atoms with van der Waals surface area (Å²) >= 11 is 0. The van der Waals surface area contributed by atoms with E-state index < -0.39 is 0 Å². The Hall–Kier alpha value is -1.07. The van der Waals surface area contributed by atoms with Crippen LogP contribution in [0.15, 0.2) is 12.4 Å². The number of rotatable bonds is 5. The fourth-order valence-electron chi connectivity index (χ4n) is 2.84. The molecule has 0 aromatic carbocycles. The Morgan fingerprint density at radius 1 is 1.22 bits per heavy atom. The van der Waals surface area contributed by atoms with Crippen LogP contribution in [0.25, 0.3) is 0 Å². The Labute approximate surface area is 146 Å². The zero-order valence-electron chi connectivity index (χ0n) is 14.6. The molecular weight excluding hydrogens is 312 g/mol. The first kappa shape index (κ1) is 20.0. The van der Waals surface area contributed by atoms with Gasteiger partial charge in [-0.3, -0.25) is 9.48 Å². The fourth-order valence-corrected chi connectivity index (χ4v) is 2.84. The molecule has 1 aliphatic rings. The van der Waals surface area contributed by atoms with Crippen LogP contribution in [0.3, 0.4) is 0 Å².